The molecular formula is C18H14Cl2N2OS. The summed E-state index contributed by atoms with van der Waals surface area (Å²) < 4.78 is 0. The average molecular weight is 377 g/mol. The number of halogens is 2. The molecule has 0 fully saturated rings. The van der Waals surface area contributed by atoms with E-state index < -0.39 is 5.66 Å². The second-order valence-electron chi connectivity index (χ2n) is 5.90. The Morgan fingerprint density at radius 1 is 1.08 bits per heavy atom. The summed E-state index contributed by atoms with van der Waals surface area (Å²) in [7, 11) is 0. The van der Waals surface area contributed by atoms with Crippen molar-refractivity contribution in [1.82, 2.24) is 4.90 Å². The zero-order chi connectivity index (χ0) is 17.5. The molecule has 3 nitrogen and oxygen atoms in total. The van der Waals surface area contributed by atoms with Gasteiger partial charge in [0.05, 0.1) is 10.0 Å². The quantitative estimate of drug-likeness (QED) is 0.690. The van der Waals surface area contributed by atoms with E-state index in [-0.39, 0.29) is 5.91 Å². The number of amides is 1. The van der Waals surface area contributed by atoms with Gasteiger partial charge in [0.15, 0.2) is 0 Å². The Morgan fingerprint density at radius 2 is 1.75 bits per heavy atom. The van der Waals surface area contributed by atoms with Crippen molar-refractivity contribution in [3.05, 3.63) is 69.7 Å². The van der Waals surface area contributed by atoms with Gasteiger partial charge in [0.25, 0.3) is 5.91 Å². The van der Waals surface area contributed by atoms with Gasteiger partial charge in [0.1, 0.15) is 16.4 Å². The maximum absolute atomic E-state index is 13.0. The Kier molecular flexibility index (Phi) is 4.47. The molecule has 0 atom stereocenters. The normalized spacial score (nSPS) is 16.2. The summed E-state index contributed by atoms with van der Waals surface area (Å²) in [6.07, 6.45) is 0. The monoisotopic (exact) mass is 376 g/mol. The van der Waals surface area contributed by atoms with Crippen LogP contribution in [-0.4, -0.2) is 27.2 Å². The fraction of sp³-hybridized carbons (Fsp3) is 0.167. The molecule has 0 radical (unpaired) electrons. The Labute approximate surface area is 155 Å². The number of carbonyl (C=O) groups excluding carboxylic acids is 1. The highest BCUT2D eigenvalue weighted by molar-refractivity contribution is 7.82. The Morgan fingerprint density at radius 3 is 2.38 bits per heavy atom. The first-order chi connectivity index (χ1) is 11.3. The van der Waals surface area contributed by atoms with E-state index in [0.717, 1.165) is 5.56 Å². The standard InChI is InChI=1S/C18H14Cl2N2OS/c1-18(2)21-15(11-6-4-3-5-7-11)17(24)22(18)16(23)12-8-9-13(19)14(20)10-12/h3-10H,1-2H3. The Bertz CT molecular complexity index is 863. The number of benzene rings is 2. The number of rotatable bonds is 2. The Hall–Kier alpha value is -1.75. The van der Waals surface area contributed by atoms with Crippen LogP contribution in [-0.2, 0) is 0 Å². The SMILES string of the molecule is CC1(C)N=C(c2ccccc2)C(=S)N1C(=O)c1ccc(Cl)c(Cl)c1. The van der Waals surface area contributed by atoms with Crippen LogP contribution in [0.3, 0.4) is 0 Å². The number of hydrogen-bond donors (Lipinski definition) is 0. The lowest BCUT2D eigenvalue weighted by Crippen LogP contribution is -2.46. The van der Waals surface area contributed by atoms with Crippen molar-refractivity contribution in [2.45, 2.75) is 19.5 Å². The van der Waals surface area contributed by atoms with Crippen molar-refractivity contribution in [3.63, 3.8) is 0 Å². The zero-order valence-electron chi connectivity index (χ0n) is 13.1. The minimum Gasteiger partial charge on any atom is -0.272 e. The summed E-state index contributed by atoms with van der Waals surface area (Å²) >= 11 is 17.5. The van der Waals surface area contributed by atoms with Gasteiger partial charge in [-0.25, -0.2) is 0 Å². The van der Waals surface area contributed by atoms with E-state index in [1.807, 2.05) is 44.2 Å². The van der Waals surface area contributed by atoms with Crippen LogP contribution < -0.4 is 0 Å². The maximum Gasteiger partial charge on any atom is 0.261 e. The summed E-state index contributed by atoms with van der Waals surface area (Å²) in [6.45, 7) is 3.70. The highest BCUT2D eigenvalue weighted by Gasteiger charge is 2.42. The van der Waals surface area contributed by atoms with Crippen LogP contribution in [0.1, 0.15) is 29.8 Å². The molecule has 1 aliphatic rings. The lowest BCUT2D eigenvalue weighted by Gasteiger charge is -2.29. The van der Waals surface area contributed by atoms with Crippen LogP contribution in [0, 0.1) is 0 Å². The van der Waals surface area contributed by atoms with Gasteiger partial charge in [-0.3, -0.25) is 14.7 Å². The van der Waals surface area contributed by atoms with Crippen molar-refractivity contribution >= 4 is 52.0 Å². The average Bonchev–Trinajstić information content (AvgIpc) is 2.79. The molecular weight excluding hydrogens is 363 g/mol. The van der Waals surface area contributed by atoms with Crippen molar-refractivity contribution < 1.29 is 4.79 Å². The maximum atomic E-state index is 13.0. The van der Waals surface area contributed by atoms with Crippen molar-refractivity contribution in [2.24, 2.45) is 4.99 Å². The van der Waals surface area contributed by atoms with Crippen LogP contribution in [0.15, 0.2) is 53.5 Å². The first-order valence-electron chi connectivity index (χ1n) is 7.30. The molecule has 0 bridgehead atoms. The van der Waals surface area contributed by atoms with Gasteiger partial charge in [-0.05, 0) is 32.0 Å². The molecule has 24 heavy (non-hydrogen) atoms. The van der Waals surface area contributed by atoms with E-state index in [4.69, 9.17) is 35.4 Å². The van der Waals surface area contributed by atoms with Crippen LogP contribution >= 0.6 is 35.4 Å². The van der Waals surface area contributed by atoms with E-state index >= 15 is 0 Å². The molecule has 1 aliphatic heterocycles. The van der Waals surface area contributed by atoms with Crippen molar-refractivity contribution in [3.8, 4) is 0 Å². The minimum atomic E-state index is -0.772. The molecule has 6 heteroatoms. The van der Waals surface area contributed by atoms with Crippen LogP contribution in [0.4, 0.5) is 0 Å². The summed E-state index contributed by atoms with van der Waals surface area (Å²) in [6, 6.07) is 14.4. The van der Waals surface area contributed by atoms with Gasteiger partial charge in [-0.2, -0.15) is 0 Å². The van der Waals surface area contributed by atoms with Gasteiger partial charge >= 0.3 is 0 Å². The lowest BCUT2D eigenvalue weighted by atomic mass is 10.1. The fourth-order valence-corrected chi connectivity index (χ4v) is 3.38. The van der Waals surface area contributed by atoms with E-state index in [1.165, 1.54) is 4.90 Å². The summed E-state index contributed by atoms with van der Waals surface area (Å²) in [5, 5.41) is 0.729. The third-order valence-corrected chi connectivity index (χ3v) is 4.87. The number of carbonyl (C=O) groups is 1. The van der Waals surface area contributed by atoms with Crippen molar-refractivity contribution in [1.29, 1.82) is 0 Å². The number of hydrogen-bond acceptors (Lipinski definition) is 3. The van der Waals surface area contributed by atoms with Gasteiger partial charge in [0.2, 0.25) is 0 Å². The van der Waals surface area contributed by atoms with Crippen LogP contribution in [0.2, 0.25) is 10.0 Å². The van der Waals surface area contributed by atoms with E-state index in [9.17, 15) is 4.79 Å². The largest absolute Gasteiger partial charge is 0.272 e. The van der Waals surface area contributed by atoms with E-state index in [1.54, 1.807) is 18.2 Å². The fourth-order valence-electron chi connectivity index (χ4n) is 2.61. The third kappa shape index (κ3) is 2.97. The highest BCUT2D eigenvalue weighted by Crippen LogP contribution is 2.30. The molecule has 3 rings (SSSR count). The van der Waals surface area contributed by atoms with Crippen molar-refractivity contribution in [2.75, 3.05) is 0 Å². The van der Waals surface area contributed by atoms with Gasteiger partial charge < -0.3 is 0 Å². The topological polar surface area (TPSA) is 32.7 Å². The van der Waals surface area contributed by atoms with Gasteiger partial charge in [0, 0.05) is 11.1 Å². The van der Waals surface area contributed by atoms with Gasteiger partial charge in [-0.15, -0.1) is 0 Å². The molecule has 0 N–H and O–H groups in total. The first kappa shape index (κ1) is 17.1. The second kappa shape index (κ2) is 6.28. The highest BCUT2D eigenvalue weighted by atomic mass is 35.5. The van der Waals surface area contributed by atoms with E-state index in [0.29, 0.717) is 26.3 Å². The molecule has 0 aromatic heterocycles. The van der Waals surface area contributed by atoms with Crippen LogP contribution in [0.25, 0.3) is 0 Å². The molecule has 0 saturated heterocycles. The molecule has 2 aromatic carbocycles. The molecule has 0 aliphatic carbocycles. The summed E-state index contributed by atoms with van der Waals surface area (Å²) in [5.74, 6) is -0.252. The van der Waals surface area contributed by atoms with Gasteiger partial charge in [-0.1, -0.05) is 65.8 Å². The predicted octanol–water partition coefficient (Wildman–Crippen LogP) is 5.00. The summed E-state index contributed by atoms with van der Waals surface area (Å²) in [5.41, 5.74) is 1.18. The summed E-state index contributed by atoms with van der Waals surface area (Å²) in [4.78, 5) is 19.6. The third-order valence-electron chi connectivity index (χ3n) is 3.76. The molecule has 1 heterocycles. The van der Waals surface area contributed by atoms with E-state index in [2.05, 4.69) is 4.99 Å². The number of nitrogens with zero attached hydrogens (tertiary/aromatic N) is 2. The first-order valence-corrected chi connectivity index (χ1v) is 8.47. The Balaban J connectivity index is 1.99. The second-order valence-corrected chi connectivity index (χ2v) is 7.10. The molecule has 1 amide bonds. The number of thiocarbonyl (C=S) groups is 1. The molecule has 0 unspecified atom stereocenters. The molecule has 2 aromatic rings. The zero-order valence-corrected chi connectivity index (χ0v) is 15.4. The molecule has 0 saturated carbocycles. The van der Waals surface area contributed by atoms with Crippen LogP contribution in [0.5, 0.6) is 0 Å². The smallest absolute Gasteiger partial charge is 0.261 e. The lowest BCUT2D eigenvalue weighted by molar-refractivity contribution is 0.0758. The minimum absolute atomic E-state index is 0.252. The molecule has 0 spiro atoms. The number of aliphatic imine (C=N–C) groups is 1. The predicted molar refractivity (Wildman–Crippen MR) is 102 cm³/mol. The molecule has 122 valence electrons.